The molecule has 0 unspecified atom stereocenters. The van der Waals surface area contributed by atoms with E-state index in [0.717, 1.165) is 16.8 Å². The number of hydrogen-bond donors (Lipinski definition) is 1. The summed E-state index contributed by atoms with van der Waals surface area (Å²) in [6.45, 7) is 4.91. The molecule has 8 heteroatoms. The normalized spacial score (nSPS) is 11.1. The highest BCUT2D eigenvalue weighted by molar-refractivity contribution is 7.99. The number of thioether (sulfide) groups is 1. The summed E-state index contributed by atoms with van der Waals surface area (Å²) in [6.07, 6.45) is 0. The summed E-state index contributed by atoms with van der Waals surface area (Å²) in [6, 6.07) is 7.68. The molecule has 3 aromatic rings. The van der Waals surface area contributed by atoms with Crippen LogP contribution in [0, 0.1) is 13.8 Å². The van der Waals surface area contributed by atoms with E-state index in [4.69, 9.17) is 4.74 Å². The van der Waals surface area contributed by atoms with Crippen molar-refractivity contribution in [2.45, 2.75) is 19.0 Å². The van der Waals surface area contributed by atoms with Gasteiger partial charge in [-0.2, -0.15) is 0 Å². The molecule has 0 bridgehead atoms. The molecule has 1 N–H and O–H groups in total. The number of carbonyl (C=O) groups is 1. The second kappa shape index (κ2) is 8.69. The maximum Gasteiger partial charge on any atom is 0.276 e. The summed E-state index contributed by atoms with van der Waals surface area (Å²) in [5.41, 5.74) is 3.47. The first kappa shape index (κ1) is 19.6. The zero-order valence-electron chi connectivity index (χ0n) is 15.4. The van der Waals surface area contributed by atoms with Gasteiger partial charge in [-0.3, -0.25) is 14.2 Å². The van der Waals surface area contributed by atoms with Crippen LogP contribution in [0.25, 0.3) is 15.9 Å². The molecule has 1 amide bonds. The second-order valence-corrected chi connectivity index (χ2v) is 7.88. The number of aromatic nitrogens is 2. The van der Waals surface area contributed by atoms with Gasteiger partial charge in [0.2, 0.25) is 5.91 Å². The Kier molecular flexibility index (Phi) is 6.30. The number of hydrogen-bond acceptors (Lipinski definition) is 6. The molecule has 27 heavy (non-hydrogen) atoms. The second-order valence-electron chi connectivity index (χ2n) is 6.02. The van der Waals surface area contributed by atoms with Crippen molar-refractivity contribution in [3.63, 3.8) is 0 Å². The summed E-state index contributed by atoms with van der Waals surface area (Å²) in [4.78, 5) is 29.8. The predicted molar refractivity (Wildman–Crippen MR) is 110 cm³/mol. The fourth-order valence-electron chi connectivity index (χ4n) is 2.65. The number of amides is 1. The zero-order valence-corrected chi connectivity index (χ0v) is 17.1. The number of nitrogens with zero attached hydrogens (tertiary/aromatic N) is 2. The fourth-order valence-corrected chi connectivity index (χ4v) is 4.25. The lowest BCUT2D eigenvalue weighted by atomic mass is 10.1. The molecule has 0 atom stereocenters. The van der Waals surface area contributed by atoms with E-state index < -0.39 is 0 Å². The van der Waals surface area contributed by atoms with Gasteiger partial charge in [0.25, 0.3) is 5.56 Å². The van der Waals surface area contributed by atoms with Crippen molar-refractivity contribution in [1.82, 2.24) is 14.9 Å². The monoisotopic (exact) mass is 403 g/mol. The molecule has 0 saturated carbocycles. The van der Waals surface area contributed by atoms with Gasteiger partial charge in [0, 0.05) is 13.7 Å². The van der Waals surface area contributed by atoms with Gasteiger partial charge in [-0.25, -0.2) is 4.98 Å². The molecule has 1 aromatic carbocycles. The average Bonchev–Trinajstić information content (AvgIpc) is 3.12. The quantitative estimate of drug-likeness (QED) is 0.373. The summed E-state index contributed by atoms with van der Waals surface area (Å²) in [5.74, 6) is 0.0562. The molecule has 0 saturated heterocycles. The van der Waals surface area contributed by atoms with Crippen molar-refractivity contribution in [1.29, 1.82) is 0 Å². The highest BCUT2D eigenvalue weighted by Gasteiger charge is 2.17. The zero-order chi connectivity index (χ0) is 19.4. The number of fused-ring (bicyclic) bond motifs is 1. The molecule has 2 aromatic heterocycles. The fraction of sp³-hybridized carbons (Fsp3) is 0.316. The molecule has 0 radical (unpaired) electrons. The Morgan fingerprint density at radius 3 is 2.93 bits per heavy atom. The standard InChI is InChI=1S/C19H21N3O3S2/c1-12-5-4-6-15(13(12)2)22-18(24)17-14(7-10-26-17)21-19(22)27-11-16(23)20-8-9-25-3/h4-7,10H,8-9,11H2,1-3H3,(H,20,23). The Bertz CT molecular complexity index is 1030. The van der Waals surface area contributed by atoms with Crippen LogP contribution in [0.4, 0.5) is 0 Å². The van der Waals surface area contributed by atoms with Crippen molar-refractivity contribution in [3.05, 3.63) is 51.1 Å². The van der Waals surface area contributed by atoms with E-state index in [0.29, 0.717) is 28.5 Å². The van der Waals surface area contributed by atoms with E-state index in [1.54, 1.807) is 11.7 Å². The van der Waals surface area contributed by atoms with E-state index in [9.17, 15) is 9.59 Å². The highest BCUT2D eigenvalue weighted by Crippen LogP contribution is 2.25. The molecule has 0 aliphatic carbocycles. The van der Waals surface area contributed by atoms with Crippen LogP contribution in [0.15, 0.2) is 39.6 Å². The van der Waals surface area contributed by atoms with Crippen LogP contribution in [0.5, 0.6) is 0 Å². The van der Waals surface area contributed by atoms with E-state index in [-0.39, 0.29) is 17.2 Å². The van der Waals surface area contributed by atoms with Crippen molar-refractivity contribution in [3.8, 4) is 5.69 Å². The number of aryl methyl sites for hydroxylation is 1. The first-order valence-electron chi connectivity index (χ1n) is 8.48. The number of benzene rings is 1. The van der Waals surface area contributed by atoms with Gasteiger partial charge in [0.1, 0.15) is 4.70 Å². The Labute approximate surface area is 165 Å². The number of thiophene rings is 1. The van der Waals surface area contributed by atoms with Crippen LogP contribution in [0.1, 0.15) is 11.1 Å². The van der Waals surface area contributed by atoms with Gasteiger partial charge in [0.15, 0.2) is 5.16 Å². The lowest BCUT2D eigenvalue weighted by Gasteiger charge is -2.15. The maximum atomic E-state index is 13.1. The number of ether oxygens (including phenoxy) is 1. The van der Waals surface area contributed by atoms with Gasteiger partial charge in [-0.05, 0) is 42.5 Å². The molecule has 0 fully saturated rings. The molecule has 6 nitrogen and oxygen atoms in total. The summed E-state index contributed by atoms with van der Waals surface area (Å²) in [7, 11) is 1.59. The topological polar surface area (TPSA) is 73.2 Å². The summed E-state index contributed by atoms with van der Waals surface area (Å²) < 4.78 is 7.17. The summed E-state index contributed by atoms with van der Waals surface area (Å²) in [5, 5.41) is 5.16. The van der Waals surface area contributed by atoms with Crippen molar-refractivity contribution in [2.24, 2.45) is 0 Å². The van der Waals surface area contributed by atoms with Crippen molar-refractivity contribution >= 4 is 39.2 Å². The van der Waals surface area contributed by atoms with Gasteiger partial charge in [-0.15, -0.1) is 11.3 Å². The Balaban J connectivity index is 2.00. The minimum absolute atomic E-state index is 0.106. The van der Waals surface area contributed by atoms with Gasteiger partial charge in [0.05, 0.1) is 23.6 Å². The molecule has 3 rings (SSSR count). The first-order valence-corrected chi connectivity index (χ1v) is 10.3. The van der Waals surface area contributed by atoms with Gasteiger partial charge in [-0.1, -0.05) is 23.9 Å². The van der Waals surface area contributed by atoms with Crippen LogP contribution >= 0.6 is 23.1 Å². The minimum atomic E-state index is -0.121. The molecule has 0 spiro atoms. The minimum Gasteiger partial charge on any atom is -0.383 e. The Morgan fingerprint density at radius 2 is 2.15 bits per heavy atom. The maximum absolute atomic E-state index is 13.1. The van der Waals surface area contributed by atoms with Crippen LogP contribution in [0.2, 0.25) is 0 Å². The molecule has 2 heterocycles. The SMILES string of the molecule is COCCNC(=O)CSc1nc2ccsc2c(=O)n1-c1cccc(C)c1C. The van der Waals surface area contributed by atoms with Crippen LogP contribution in [-0.2, 0) is 9.53 Å². The van der Waals surface area contributed by atoms with E-state index in [1.165, 1.54) is 23.1 Å². The first-order chi connectivity index (χ1) is 13.0. The number of rotatable bonds is 7. The Hall–Kier alpha value is -2.16. The predicted octanol–water partition coefficient (Wildman–Crippen LogP) is 2.92. The third-order valence-corrected chi connectivity index (χ3v) is 6.06. The van der Waals surface area contributed by atoms with Gasteiger partial charge < -0.3 is 10.1 Å². The summed E-state index contributed by atoms with van der Waals surface area (Å²) >= 11 is 2.64. The lowest BCUT2D eigenvalue weighted by molar-refractivity contribution is -0.118. The molecule has 0 aliphatic rings. The third kappa shape index (κ3) is 4.23. The van der Waals surface area contributed by atoms with E-state index in [1.807, 2.05) is 43.5 Å². The van der Waals surface area contributed by atoms with Crippen LogP contribution < -0.4 is 10.9 Å². The van der Waals surface area contributed by atoms with Crippen LogP contribution in [0.3, 0.4) is 0 Å². The van der Waals surface area contributed by atoms with Crippen molar-refractivity contribution < 1.29 is 9.53 Å². The number of methoxy groups -OCH3 is 1. The molecule has 142 valence electrons. The largest absolute Gasteiger partial charge is 0.383 e. The van der Waals surface area contributed by atoms with Gasteiger partial charge >= 0.3 is 0 Å². The smallest absolute Gasteiger partial charge is 0.276 e. The van der Waals surface area contributed by atoms with Crippen molar-refractivity contribution in [2.75, 3.05) is 26.0 Å². The molecular formula is C19H21N3O3S2. The number of carbonyl (C=O) groups excluding carboxylic acids is 1. The third-order valence-electron chi connectivity index (χ3n) is 4.23. The Morgan fingerprint density at radius 1 is 1.33 bits per heavy atom. The van der Waals surface area contributed by atoms with Crippen LogP contribution in [-0.4, -0.2) is 41.5 Å². The average molecular weight is 404 g/mol. The van der Waals surface area contributed by atoms with E-state index in [2.05, 4.69) is 10.3 Å². The number of nitrogens with one attached hydrogen (secondary N) is 1. The molecular weight excluding hydrogens is 382 g/mol. The lowest BCUT2D eigenvalue weighted by Crippen LogP contribution is -2.29. The highest BCUT2D eigenvalue weighted by atomic mass is 32.2. The van der Waals surface area contributed by atoms with E-state index >= 15 is 0 Å². The molecule has 0 aliphatic heterocycles.